The van der Waals surface area contributed by atoms with Crippen LogP contribution < -0.4 is 5.32 Å². The Morgan fingerprint density at radius 2 is 2.12 bits per heavy atom. The average molecular weight is 292 g/mol. The SMILES string of the molecule is C=C(Br)CNCc1ccc(-n2cccn2)cc1. The van der Waals surface area contributed by atoms with Crippen LogP contribution in [0.4, 0.5) is 0 Å². The maximum Gasteiger partial charge on any atom is 0.0645 e. The van der Waals surface area contributed by atoms with Crippen LogP contribution in [0, 0.1) is 0 Å². The van der Waals surface area contributed by atoms with Gasteiger partial charge in [0.05, 0.1) is 5.69 Å². The van der Waals surface area contributed by atoms with Crippen LogP contribution in [0.25, 0.3) is 5.69 Å². The number of hydrogen-bond acceptors (Lipinski definition) is 2. The highest BCUT2D eigenvalue weighted by atomic mass is 79.9. The lowest BCUT2D eigenvalue weighted by molar-refractivity contribution is 0.756. The molecule has 0 aliphatic heterocycles. The van der Waals surface area contributed by atoms with Gasteiger partial charge >= 0.3 is 0 Å². The maximum atomic E-state index is 4.18. The first-order valence-corrected chi connectivity index (χ1v) is 6.18. The van der Waals surface area contributed by atoms with E-state index in [1.807, 2.05) is 16.9 Å². The molecule has 0 amide bonds. The summed E-state index contributed by atoms with van der Waals surface area (Å²) in [4.78, 5) is 0. The van der Waals surface area contributed by atoms with Gasteiger partial charge in [-0.25, -0.2) is 4.68 Å². The van der Waals surface area contributed by atoms with E-state index in [-0.39, 0.29) is 0 Å². The van der Waals surface area contributed by atoms with E-state index in [4.69, 9.17) is 0 Å². The van der Waals surface area contributed by atoms with Crippen molar-refractivity contribution in [3.63, 3.8) is 0 Å². The summed E-state index contributed by atoms with van der Waals surface area (Å²) in [6, 6.07) is 10.2. The number of hydrogen-bond donors (Lipinski definition) is 1. The molecule has 0 aliphatic rings. The quantitative estimate of drug-likeness (QED) is 0.918. The van der Waals surface area contributed by atoms with E-state index in [1.165, 1.54) is 5.56 Å². The van der Waals surface area contributed by atoms with Gasteiger partial charge in [-0.2, -0.15) is 5.10 Å². The van der Waals surface area contributed by atoms with E-state index in [9.17, 15) is 0 Å². The standard InChI is InChI=1S/C13H14BrN3/c1-11(14)9-15-10-12-3-5-13(6-4-12)17-8-2-7-16-17/h2-8,15H,1,9-10H2. The van der Waals surface area contributed by atoms with E-state index >= 15 is 0 Å². The Morgan fingerprint density at radius 1 is 1.35 bits per heavy atom. The third-order valence-corrected chi connectivity index (χ3v) is 2.63. The summed E-state index contributed by atoms with van der Waals surface area (Å²) in [5.74, 6) is 0. The minimum Gasteiger partial charge on any atom is -0.308 e. The Balaban J connectivity index is 1.96. The molecule has 0 spiro atoms. The fourth-order valence-corrected chi connectivity index (χ4v) is 1.73. The summed E-state index contributed by atoms with van der Waals surface area (Å²) >= 11 is 3.32. The first-order chi connectivity index (χ1) is 8.25. The number of halogens is 1. The summed E-state index contributed by atoms with van der Waals surface area (Å²) in [5, 5.41) is 7.47. The smallest absolute Gasteiger partial charge is 0.0645 e. The number of nitrogens with zero attached hydrogens (tertiary/aromatic N) is 2. The fourth-order valence-electron chi connectivity index (χ4n) is 1.53. The second-order valence-corrected chi connectivity index (χ2v) is 4.86. The van der Waals surface area contributed by atoms with Gasteiger partial charge in [-0.3, -0.25) is 0 Å². The molecule has 4 heteroatoms. The van der Waals surface area contributed by atoms with E-state index in [0.29, 0.717) is 0 Å². The van der Waals surface area contributed by atoms with Gasteiger partial charge in [0.1, 0.15) is 0 Å². The Labute approximate surface area is 109 Å². The lowest BCUT2D eigenvalue weighted by Crippen LogP contribution is -2.14. The number of rotatable bonds is 5. The molecule has 88 valence electrons. The average Bonchev–Trinajstić information content (AvgIpc) is 2.83. The van der Waals surface area contributed by atoms with Gasteiger partial charge in [-0.05, 0) is 23.8 Å². The zero-order valence-corrected chi connectivity index (χ0v) is 11.0. The van der Waals surface area contributed by atoms with Gasteiger partial charge in [0.2, 0.25) is 0 Å². The van der Waals surface area contributed by atoms with Crippen molar-refractivity contribution in [2.75, 3.05) is 6.54 Å². The molecule has 0 fully saturated rings. The topological polar surface area (TPSA) is 29.9 Å². The normalized spacial score (nSPS) is 10.4. The largest absolute Gasteiger partial charge is 0.308 e. The maximum absolute atomic E-state index is 4.18. The van der Waals surface area contributed by atoms with Gasteiger partial charge in [-0.15, -0.1) is 0 Å². The van der Waals surface area contributed by atoms with Crippen LogP contribution in [-0.2, 0) is 6.54 Å². The van der Waals surface area contributed by atoms with Gasteiger partial charge in [0.15, 0.2) is 0 Å². The molecule has 0 atom stereocenters. The molecule has 0 bridgehead atoms. The molecular formula is C13H14BrN3. The molecule has 17 heavy (non-hydrogen) atoms. The molecule has 1 aromatic carbocycles. The first-order valence-electron chi connectivity index (χ1n) is 5.38. The lowest BCUT2D eigenvalue weighted by atomic mass is 10.2. The number of aromatic nitrogens is 2. The van der Waals surface area contributed by atoms with Crippen molar-refractivity contribution in [3.05, 3.63) is 59.4 Å². The second-order valence-electron chi connectivity index (χ2n) is 3.74. The van der Waals surface area contributed by atoms with Crippen LogP contribution in [-0.4, -0.2) is 16.3 Å². The molecule has 3 nitrogen and oxygen atoms in total. The lowest BCUT2D eigenvalue weighted by Gasteiger charge is -2.05. The Bertz CT molecular complexity index is 474. The second kappa shape index (κ2) is 5.80. The van der Waals surface area contributed by atoms with Gasteiger partial charge in [0, 0.05) is 30.0 Å². The number of nitrogens with one attached hydrogen (secondary N) is 1. The van der Waals surface area contributed by atoms with Crippen molar-refractivity contribution in [1.29, 1.82) is 0 Å². The highest BCUT2D eigenvalue weighted by Crippen LogP contribution is 2.08. The summed E-state index contributed by atoms with van der Waals surface area (Å²) in [6.45, 7) is 5.39. The van der Waals surface area contributed by atoms with Crippen LogP contribution in [0.15, 0.2) is 53.8 Å². The summed E-state index contributed by atoms with van der Waals surface area (Å²) < 4.78 is 2.81. The van der Waals surface area contributed by atoms with Crippen molar-refractivity contribution in [3.8, 4) is 5.69 Å². The Kier molecular flexibility index (Phi) is 4.12. The van der Waals surface area contributed by atoms with E-state index in [2.05, 4.69) is 57.2 Å². The molecule has 0 radical (unpaired) electrons. The highest BCUT2D eigenvalue weighted by Gasteiger charge is 1.97. The molecule has 1 N–H and O–H groups in total. The summed E-state index contributed by atoms with van der Waals surface area (Å²) in [5.41, 5.74) is 2.32. The van der Waals surface area contributed by atoms with Crippen molar-refractivity contribution in [2.24, 2.45) is 0 Å². The predicted molar refractivity (Wildman–Crippen MR) is 73.3 cm³/mol. The zero-order chi connectivity index (χ0) is 12.1. The van der Waals surface area contributed by atoms with Crippen molar-refractivity contribution in [2.45, 2.75) is 6.54 Å². The van der Waals surface area contributed by atoms with Crippen molar-refractivity contribution >= 4 is 15.9 Å². The van der Waals surface area contributed by atoms with Crippen LogP contribution >= 0.6 is 15.9 Å². The summed E-state index contributed by atoms with van der Waals surface area (Å²) in [7, 11) is 0. The Hall–Kier alpha value is -1.39. The molecule has 1 heterocycles. The predicted octanol–water partition coefficient (Wildman–Crippen LogP) is 2.87. The third kappa shape index (κ3) is 3.54. The third-order valence-electron chi connectivity index (χ3n) is 2.35. The first kappa shape index (κ1) is 12.1. The van der Waals surface area contributed by atoms with Crippen LogP contribution in [0.2, 0.25) is 0 Å². The van der Waals surface area contributed by atoms with Crippen molar-refractivity contribution < 1.29 is 0 Å². The molecule has 0 saturated carbocycles. The monoisotopic (exact) mass is 291 g/mol. The minimum absolute atomic E-state index is 0.779. The van der Waals surface area contributed by atoms with Gasteiger partial charge in [-0.1, -0.05) is 34.6 Å². The number of benzene rings is 1. The molecule has 2 rings (SSSR count). The molecule has 1 aromatic heterocycles. The molecule has 2 aromatic rings. The van der Waals surface area contributed by atoms with Gasteiger partial charge in [0.25, 0.3) is 0 Å². The van der Waals surface area contributed by atoms with E-state index in [1.54, 1.807) is 6.20 Å². The molecule has 0 saturated heterocycles. The molecule has 0 unspecified atom stereocenters. The molecule has 0 aliphatic carbocycles. The minimum atomic E-state index is 0.779. The van der Waals surface area contributed by atoms with Gasteiger partial charge < -0.3 is 5.32 Å². The van der Waals surface area contributed by atoms with Crippen LogP contribution in [0.1, 0.15) is 5.56 Å². The zero-order valence-electron chi connectivity index (χ0n) is 9.44. The molecular weight excluding hydrogens is 278 g/mol. The van der Waals surface area contributed by atoms with E-state index < -0.39 is 0 Å². The van der Waals surface area contributed by atoms with Crippen molar-refractivity contribution in [1.82, 2.24) is 15.1 Å². The van der Waals surface area contributed by atoms with E-state index in [0.717, 1.165) is 23.3 Å². The highest BCUT2D eigenvalue weighted by molar-refractivity contribution is 9.11. The summed E-state index contributed by atoms with van der Waals surface area (Å²) in [6.07, 6.45) is 3.71. The van der Waals surface area contributed by atoms with Crippen LogP contribution in [0.5, 0.6) is 0 Å². The Morgan fingerprint density at radius 3 is 2.71 bits per heavy atom. The fraction of sp³-hybridized carbons (Fsp3) is 0.154. The van der Waals surface area contributed by atoms with Crippen LogP contribution in [0.3, 0.4) is 0 Å².